The maximum absolute atomic E-state index is 5.78. The van der Waals surface area contributed by atoms with E-state index in [0.29, 0.717) is 6.61 Å². The van der Waals surface area contributed by atoms with E-state index in [1.54, 1.807) is 11.3 Å². The molecular formula is C17H16N2OS. The number of thiazole rings is 1. The summed E-state index contributed by atoms with van der Waals surface area (Å²) in [4.78, 5) is 4.49. The predicted molar refractivity (Wildman–Crippen MR) is 87.9 cm³/mol. The Kier molecular flexibility index (Phi) is 4.17. The summed E-state index contributed by atoms with van der Waals surface area (Å²) in [6.07, 6.45) is 0. The van der Waals surface area contributed by atoms with Gasteiger partial charge in [-0.3, -0.25) is 0 Å². The van der Waals surface area contributed by atoms with Crippen LogP contribution in [0.1, 0.15) is 5.56 Å². The van der Waals surface area contributed by atoms with Gasteiger partial charge in [-0.1, -0.05) is 30.3 Å². The van der Waals surface area contributed by atoms with Crippen molar-refractivity contribution in [2.75, 3.05) is 12.4 Å². The van der Waals surface area contributed by atoms with E-state index < -0.39 is 0 Å². The van der Waals surface area contributed by atoms with E-state index in [2.05, 4.69) is 22.4 Å². The molecule has 0 unspecified atom stereocenters. The molecule has 4 heteroatoms. The summed E-state index contributed by atoms with van der Waals surface area (Å²) in [5.41, 5.74) is 3.25. The van der Waals surface area contributed by atoms with Gasteiger partial charge in [0.2, 0.25) is 0 Å². The van der Waals surface area contributed by atoms with Crippen LogP contribution in [0, 0.1) is 0 Å². The second-order valence-electron chi connectivity index (χ2n) is 4.59. The van der Waals surface area contributed by atoms with Gasteiger partial charge < -0.3 is 10.1 Å². The number of rotatable bonds is 5. The molecule has 3 aromatic rings. The van der Waals surface area contributed by atoms with Crippen molar-refractivity contribution in [2.45, 2.75) is 6.61 Å². The zero-order chi connectivity index (χ0) is 14.5. The average Bonchev–Trinajstić information content (AvgIpc) is 3.03. The van der Waals surface area contributed by atoms with Gasteiger partial charge in [-0.15, -0.1) is 11.3 Å². The molecule has 0 amide bonds. The first-order chi connectivity index (χ1) is 10.3. The number of anilines is 1. The number of aromatic nitrogens is 1. The van der Waals surface area contributed by atoms with Crippen molar-refractivity contribution in [1.82, 2.24) is 4.98 Å². The van der Waals surface area contributed by atoms with Crippen molar-refractivity contribution in [3.05, 3.63) is 65.5 Å². The summed E-state index contributed by atoms with van der Waals surface area (Å²) >= 11 is 1.60. The molecule has 3 rings (SSSR count). The highest BCUT2D eigenvalue weighted by atomic mass is 32.1. The van der Waals surface area contributed by atoms with Gasteiger partial charge in [-0.2, -0.15) is 0 Å². The van der Waals surface area contributed by atoms with Gasteiger partial charge in [0, 0.05) is 18.0 Å². The Balaban J connectivity index is 1.66. The molecule has 0 aliphatic heterocycles. The first-order valence-corrected chi connectivity index (χ1v) is 7.63. The van der Waals surface area contributed by atoms with E-state index in [1.807, 2.05) is 54.9 Å². The van der Waals surface area contributed by atoms with Crippen LogP contribution in [0.15, 0.2) is 60.0 Å². The minimum Gasteiger partial charge on any atom is -0.489 e. The molecule has 106 valence electrons. The van der Waals surface area contributed by atoms with E-state index in [1.165, 1.54) is 5.56 Å². The van der Waals surface area contributed by atoms with Crippen LogP contribution in [0.25, 0.3) is 11.3 Å². The first kappa shape index (κ1) is 13.6. The van der Waals surface area contributed by atoms with E-state index in [4.69, 9.17) is 4.74 Å². The third-order valence-corrected chi connectivity index (χ3v) is 3.98. The van der Waals surface area contributed by atoms with Gasteiger partial charge in [0.15, 0.2) is 5.13 Å². The molecule has 21 heavy (non-hydrogen) atoms. The Bertz CT molecular complexity index is 692. The standard InChI is InChI=1S/C17H16N2OS/c1-18-17-19-16(12-21-17)14-7-9-15(10-8-14)20-11-13-5-3-2-4-6-13/h2-10,12H,11H2,1H3,(H,18,19). The average molecular weight is 296 g/mol. The van der Waals surface area contributed by atoms with Crippen molar-refractivity contribution >= 4 is 16.5 Å². The summed E-state index contributed by atoms with van der Waals surface area (Å²) in [5.74, 6) is 0.867. The van der Waals surface area contributed by atoms with Crippen LogP contribution in [0.4, 0.5) is 5.13 Å². The fraction of sp³-hybridized carbons (Fsp3) is 0.118. The Morgan fingerprint density at radius 1 is 1.05 bits per heavy atom. The Hall–Kier alpha value is -2.33. The van der Waals surface area contributed by atoms with Crippen LogP contribution in [0.5, 0.6) is 5.75 Å². The van der Waals surface area contributed by atoms with Crippen LogP contribution < -0.4 is 10.1 Å². The lowest BCUT2D eigenvalue weighted by Crippen LogP contribution is -1.94. The number of hydrogen-bond donors (Lipinski definition) is 1. The number of nitrogens with zero attached hydrogens (tertiary/aromatic N) is 1. The Morgan fingerprint density at radius 2 is 1.81 bits per heavy atom. The highest BCUT2D eigenvalue weighted by Crippen LogP contribution is 2.26. The minimum atomic E-state index is 0.584. The molecule has 0 aliphatic carbocycles. The highest BCUT2D eigenvalue weighted by molar-refractivity contribution is 7.14. The molecule has 0 saturated carbocycles. The zero-order valence-electron chi connectivity index (χ0n) is 11.7. The molecular weight excluding hydrogens is 280 g/mol. The summed E-state index contributed by atoms with van der Waals surface area (Å²) < 4.78 is 5.78. The number of nitrogens with one attached hydrogen (secondary N) is 1. The predicted octanol–water partition coefficient (Wildman–Crippen LogP) is 4.43. The lowest BCUT2D eigenvalue weighted by molar-refractivity contribution is 0.306. The molecule has 3 nitrogen and oxygen atoms in total. The third-order valence-electron chi connectivity index (χ3n) is 3.12. The van der Waals surface area contributed by atoms with Crippen molar-refractivity contribution < 1.29 is 4.74 Å². The van der Waals surface area contributed by atoms with Crippen LogP contribution in [0.3, 0.4) is 0 Å². The molecule has 1 aromatic heterocycles. The van der Waals surface area contributed by atoms with Crippen LogP contribution >= 0.6 is 11.3 Å². The van der Waals surface area contributed by atoms with Crippen molar-refractivity contribution in [2.24, 2.45) is 0 Å². The van der Waals surface area contributed by atoms with Gasteiger partial charge in [0.1, 0.15) is 12.4 Å². The molecule has 0 aliphatic rings. The monoisotopic (exact) mass is 296 g/mol. The molecule has 0 saturated heterocycles. The maximum atomic E-state index is 5.78. The van der Waals surface area contributed by atoms with Crippen LogP contribution in [0.2, 0.25) is 0 Å². The smallest absolute Gasteiger partial charge is 0.182 e. The van der Waals surface area contributed by atoms with E-state index >= 15 is 0 Å². The number of benzene rings is 2. The molecule has 2 aromatic carbocycles. The highest BCUT2D eigenvalue weighted by Gasteiger charge is 2.04. The van der Waals surface area contributed by atoms with E-state index in [9.17, 15) is 0 Å². The molecule has 0 spiro atoms. The van der Waals surface area contributed by atoms with E-state index in [-0.39, 0.29) is 0 Å². The quantitative estimate of drug-likeness (QED) is 0.756. The molecule has 0 radical (unpaired) electrons. The molecule has 1 N–H and O–H groups in total. The normalized spacial score (nSPS) is 10.3. The summed E-state index contributed by atoms with van der Waals surface area (Å²) in [6.45, 7) is 0.584. The van der Waals surface area contributed by atoms with Crippen molar-refractivity contribution in [3.63, 3.8) is 0 Å². The van der Waals surface area contributed by atoms with Gasteiger partial charge in [-0.05, 0) is 29.8 Å². The van der Waals surface area contributed by atoms with Crippen LogP contribution in [-0.2, 0) is 6.61 Å². The molecule has 0 bridgehead atoms. The maximum Gasteiger partial charge on any atom is 0.182 e. The molecule has 0 atom stereocenters. The minimum absolute atomic E-state index is 0.584. The lowest BCUT2D eigenvalue weighted by Gasteiger charge is -2.06. The Labute approximate surface area is 128 Å². The zero-order valence-corrected chi connectivity index (χ0v) is 12.6. The number of ether oxygens (including phenoxy) is 1. The van der Waals surface area contributed by atoms with Crippen molar-refractivity contribution in [3.8, 4) is 17.0 Å². The first-order valence-electron chi connectivity index (χ1n) is 6.75. The van der Waals surface area contributed by atoms with Gasteiger partial charge in [0.25, 0.3) is 0 Å². The summed E-state index contributed by atoms with van der Waals surface area (Å²) in [6, 6.07) is 18.2. The molecule has 1 heterocycles. The summed E-state index contributed by atoms with van der Waals surface area (Å²) in [7, 11) is 1.88. The van der Waals surface area contributed by atoms with Crippen LogP contribution in [-0.4, -0.2) is 12.0 Å². The van der Waals surface area contributed by atoms with Crippen molar-refractivity contribution in [1.29, 1.82) is 0 Å². The second kappa shape index (κ2) is 6.41. The Morgan fingerprint density at radius 3 is 2.48 bits per heavy atom. The fourth-order valence-corrected chi connectivity index (χ4v) is 2.66. The summed E-state index contributed by atoms with van der Waals surface area (Å²) in [5, 5.41) is 6.02. The van der Waals surface area contributed by atoms with E-state index in [0.717, 1.165) is 22.1 Å². The number of hydrogen-bond acceptors (Lipinski definition) is 4. The second-order valence-corrected chi connectivity index (χ2v) is 5.44. The topological polar surface area (TPSA) is 34.2 Å². The van der Waals surface area contributed by atoms with Gasteiger partial charge in [0.05, 0.1) is 5.69 Å². The fourth-order valence-electron chi connectivity index (χ4n) is 1.98. The largest absolute Gasteiger partial charge is 0.489 e. The SMILES string of the molecule is CNc1nc(-c2ccc(OCc3ccccc3)cc2)cs1. The third kappa shape index (κ3) is 3.41. The van der Waals surface area contributed by atoms with Gasteiger partial charge >= 0.3 is 0 Å². The van der Waals surface area contributed by atoms with Gasteiger partial charge in [-0.25, -0.2) is 4.98 Å². The lowest BCUT2D eigenvalue weighted by atomic mass is 10.2. The molecule has 0 fully saturated rings.